The lowest BCUT2D eigenvalue weighted by molar-refractivity contribution is 0.377. The van der Waals surface area contributed by atoms with E-state index in [1.165, 1.54) is 12.1 Å². The van der Waals surface area contributed by atoms with Gasteiger partial charge in [-0.25, -0.2) is 9.66 Å². The molecule has 0 amide bonds. The first-order chi connectivity index (χ1) is 9.88. The van der Waals surface area contributed by atoms with Crippen LogP contribution >= 0.6 is 7.60 Å². The third-order valence-corrected chi connectivity index (χ3v) is 3.85. The second-order valence-electron chi connectivity index (χ2n) is 4.77. The monoisotopic (exact) mass is 307 g/mol. The molecule has 1 aromatic carbocycles. The Morgan fingerprint density at radius 3 is 2.52 bits per heavy atom. The summed E-state index contributed by atoms with van der Waals surface area (Å²) in [5.41, 5.74) is 1.29. The van der Waals surface area contributed by atoms with Gasteiger partial charge in [0.15, 0.2) is 11.6 Å². The van der Waals surface area contributed by atoms with Gasteiger partial charge in [-0.1, -0.05) is 12.1 Å². The van der Waals surface area contributed by atoms with Gasteiger partial charge in [-0.15, -0.1) is 0 Å². The van der Waals surface area contributed by atoms with Crippen LogP contribution in [0.15, 0.2) is 40.8 Å². The molecule has 0 saturated carbocycles. The van der Waals surface area contributed by atoms with Crippen molar-refractivity contribution in [2.75, 3.05) is 19.1 Å². The topological polar surface area (TPSA) is 91.7 Å². The lowest BCUT2D eigenvalue weighted by Crippen LogP contribution is -2.25. The van der Waals surface area contributed by atoms with Crippen molar-refractivity contribution in [2.45, 2.75) is 0 Å². The molecular formula is C13H14N3O4P. The number of hydrogen-bond acceptors (Lipinski definition) is 4. The summed E-state index contributed by atoms with van der Waals surface area (Å²) >= 11 is 0. The van der Waals surface area contributed by atoms with Crippen molar-refractivity contribution in [1.29, 1.82) is 0 Å². The first-order valence-electron chi connectivity index (χ1n) is 6.19. The molecule has 0 unspecified atom stereocenters. The standard InChI is InChI=1S/C13H14N3O4P/c1-15(2)16-10-6-4-3-5-9(10)14-13(16)11-7-8-12(20-11)21(17,18)19/h3-8H,1-2H3,(H2,17,18,19). The van der Waals surface area contributed by atoms with E-state index in [1.54, 1.807) is 0 Å². The summed E-state index contributed by atoms with van der Waals surface area (Å²) < 4.78 is 18.3. The van der Waals surface area contributed by atoms with Gasteiger partial charge < -0.3 is 19.2 Å². The summed E-state index contributed by atoms with van der Waals surface area (Å²) in [6.07, 6.45) is 0. The van der Waals surface area contributed by atoms with Gasteiger partial charge >= 0.3 is 7.60 Å². The van der Waals surface area contributed by atoms with Gasteiger partial charge in [0.2, 0.25) is 5.50 Å². The van der Waals surface area contributed by atoms with Crippen molar-refractivity contribution < 1.29 is 18.8 Å². The molecule has 21 heavy (non-hydrogen) atoms. The molecule has 3 rings (SSSR count). The fourth-order valence-electron chi connectivity index (χ4n) is 2.18. The van der Waals surface area contributed by atoms with E-state index in [2.05, 4.69) is 4.98 Å². The van der Waals surface area contributed by atoms with E-state index >= 15 is 0 Å². The number of aromatic nitrogens is 2. The van der Waals surface area contributed by atoms with Gasteiger partial charge in [0.05, 0.1) is 11.0 Å². The molecule has 0 bridgehead atoms. The van der Waals surface area contributed by atoms with Crippen molar-refractivity contribution in [1.82, 2.24) is 9.66 Å². The summed E-state index contributed by atoms with van der Waals surface area (Å²) in [5, 5.41) is 1.82. The van der Waals surface area contributed by atoms with E-state index in [1.807, 2.05) is 48.0 Å². The Morgan fingerprint density at radius 1 is 1.19 bits per heavy atom. The number of furan rings is 1. The summed E-state index contributed by atoms with van der Waals surface area (Å²) in [5.74, 6) is 0.791. The van der Waals surface area contributed by atoms with E-state index < -0.39 is 7.60 Å². The molecule has 0 aliphatic heterocycles. The maximum atomic E-state index is 11.2. The highest BCUT2D eigenvalue weighted by molar-refractivity contribution is 7.59. The van der Waals surface area contributed by atoms with E-state index in [9.17, 15) is 4.57 Å². The zero-order valence-corrected chi connectivity index (χ0v) is 12.4. The van der Waals surface area contributed by atoms with E-state index in [0.29, 0.717) is 11.6 Å². The van der Waals surface area contributed by atoms with Crippen molar-refractivity contribution in [3.05, 3.63) is 36.4 Å². The Hall–Kier alpha value is -2.08. The highest BCUT2D eigenvalue weighted by atomic mass is 31.2. The summed E-state index contributed by atoms with van der Waals surface area (Å²) in [4.78, 5) is 22.8. The normalized spacial score (nSPS) is 12.0. The number of para-hydroxylation sites is 2. The third kappa shape index (κ3) is 2.35. The lowest BCUT2D eigenvalue weighted by atomic mass is 10.3. The van der Waals surface area contributed by atoms with E-state index in [0.717, 1.165) is 11.0 Å². The second-order valence-corrected chi connectivity index (χ2v) is 6.29. The molecular weight excluding hydrogens is 293 g/mol. The SMILES string of the molecule is CN(C)n1c(-c2ccc(P(=O)(O)O)o2)nc2ccccc21. The molecule has 0 saturated heterocycles. The summed E-state index contributed by atoms with van der Waals surface area (Å²) in [6.45, 7) is 0. The van der Waals surface area contributed by atoms with Crippen LogP contribution in [0.3, 0.4) is 0 Å². The number of hydrogen-bond donors (Lipinski definition) is 2. The van der Waals surface area contributed by atoms with Crippen molar-refractivity contribution in [3.63, 3.8) is 0 Å². The fourth-order valence-corrected chi connectivity index (χ4v) is 2.67. The second kappa shape index (κ2) is 4.73. The highest BCUT2D eigenvalue weighted by Gasteiger charge is 2.24. The zero-order chi connectivity index (χ0) is 15.2. The lowest BCUT2D eigenvalue weighted by Gasteiger charge is -2.17. The Morgan fingerprint density at radius 2 is 1.90 bits per heavy atom. The summed E-state index contributed by atoms with van der Waals surface area (Å²) in [6, 6.07) is 10.3. The first kappa shape index (κ1) is 13.9. The molecule has 0 spiro atoms. The van der Waals surface area contributed by atoms with Crippen molar-refractivity contribution in [3.8, 4) is 11.6 Å². The third-order valence-electron chi connectivity index (χ3n) is 3.04. The van der Waals surface area contributed by atoms with Crippen LogP contribution in [-0.4, -0.2) is 33.5 Å². The average molecular weight is 307 g/mol. The molecule has 2 aromatic heterocycles. The number of imidazole rings is 1. The Balaban J connectivity index is 2.22. The van der Waals surface area contributed by atoms with Crippen LogP contribution in [0, 0.1) is 0 Å². The van der Waals surface area contributed by atoms with Crippen LogP contribution in [0.5, 0.6) is 0 Å². The molecule has 7 nitrogen and oxygen atoms in total. The molecule has 2 heterocycles. The zero-order valence-electron chi connectivity index (χ0n) is 11.5. The van der Waals surface area contributed by atoms with Gasteiger partial charge in [-0.2, -0.15) is 0 Å². The van der Waals surface area contributed by atoms with Crippen LogP contribution in [-0.2, 0) is 4.57 Å². The first-order valence-corrected chi connectivity index (χ1v) is 7.80. The maximum Gasteiger partial charge on any atom is 0.391 e. The predicted octanol–water partition coefficient (Wildman–Crippen LogP) is 1.30. The minimum atomic E-state index is -4.41. The van der Waals surface area contributed by atoms with Crippen molar-refractivity contribution in [2.24, 2.45) is 0 Å². The molecule has 110 valence electrons. The van der Waals surface area contributed by atoms with Gasteiger partial charge in [-0.05, 0) is 24.3 Å². The molecule has 0 radical (unpaired) electrons. The predicted molar refractivity (Wildman–Crippen MR) is 79.2 cm³/mol. The summed E-state index contributed by atoms with van der Waals surface area (Å²) in [7, 11) is -0.705. The van der Waals surface area contributed by atoms with E-state index in [4.69, 9.17) is 14.2 Å². The van der Waals surface area contributed by atoms with Crippen LogP contribution in [0.1, 0.15) is 0 Å². The maximum absolute atomic E-state index is 11.2. The largest absolute Gasteiger partial charge is 0.445 e. The van der Waals surface area contributed by atoms with Gasteiger partial charge in [-0.3, -0.25) is 4.57 Å². The Labute approximate surface area is 120 Å². The van der Waals surface area contributed by atoms with Gasteiger partial charge in [0.25, 0.3) is 0 Å². The minimum Gasteiger partial charge on any atom is -0.445 e. The number of nitrogens with zero attached hydrogens (tertiary/aromatic N) is 3. The van der Waals surface area contributed by atoms with E-state index in [-0.39, 0.29) is 5.50 Å². The molecule has 3 aromatic rings. The van der Waals surface area contributed by atoms with Crippen LogP contribution in [0.4, 0.5) is 0 Å². The molecule has 0 aliphatic carbocycles. The average Bonchev–Trinajstić information content (AvgIpc) is 3.02. The fraction of sp³-hybridized carbons (Fsp3) is 0.154. The molecule has 0 fully saturated rings. The molecule has 8 heteroatoms. The quantitative estimate of drug-likeness (QED) is 0.709. The minimum absolute atomic E-state index is 0.304. The van der Waals surface area contributed by atoms with Crippen LogP contribution in [0.2, 0.25) is 0 Å². The van der Waals surface area contributed by atoms with Crippen LogP contribution in [0.25, 0.3) is 22.6 Å². The van der Waals surface area contributed by atoms with Crippen molar-refractivity contribution >= 4 is 24.1 Å². The molecule has 0 aliphatic rings. The van der Waals surface area contributed by atoms with Crippen LogP contribution < -0.4 is 10.5 Å². The Bertz CT molecular complexity index is 846. The number of fused-ring (bicyclic) bond motifs is 1. The molecule has 0 atom stereocenters. The highest BCUT2D eigenvalue weighted by Crippen LogP contribution is 2.35. The smallest absolute Gasteiger partial charge is 0.391 e. The Kier molecular flexibility index (Phi) is 3.13. The molecule has 2 N–H and O–H groups in total. The number of benzene rings is 1. The van der Waals surface area contributed by atoms with Gasteiger partial charge in [0.1, 0.15) is 0 Å². The van der Waals surface area contributed by atoms with Gasteiger partial charge in [0, 0.05) is 14.1 Å². The number of rotatable bonds is 3.